The standard InChI is InChI=1S/C24H27N5OS/c1-17(2)24(4,16-25)26-22(30)18(3)31-23-28-27-21(15-19-11-7-5-8-12-19)29(23)20-13-9-6-10-14-20/h5-14,17-18H,15H2,1-4H3,(H,26,30). The molecule has 1 N–H and O–H groups in total. The van der Waals surface area contributed by atoms with Crippen LogP contribution in [0.3, 0.4) is 0 Å². The molecule has 2 atom stereocenters. The maximum absolute atomic E-state index is 12.8. The molecule has 0 radical (unpaired) electrons. The second kappa shape index (κ2) is 9.80. The molecule has 0 fully saturated rings. The molecule has 160 valence electrons. The van der Waals surface area contributed by atoms with Crippen LogP contribution in [0.1, 0.15) is 39.1 Å². The summed E-state index contributed by atoms with van der Waals surface area (Å²) >= 11 is 1.34. The highest BCUT2D eigenvalue weighted by Crippen LogP contribution is 2.27. The van der Waals surface area contributed by atoms with Gasteiger partial charge in [0.15, 0.2) is 5.16 Å². The molecule has 6 nitrogen and oxygen atoms in total. The quantitative estimate of drug-likeness (QED) is 0.533. The third kappa shape index (κ3) is 5.33. The van der Waals surface area contributed by atoms with Gasteiger partial charge in [-0.1, -0.05) is 74.1 Å². The van der Waals surface area contributed by atoms with Crippen LogP contribution < -0.4 is 5.32 Å². The monoisotopic (exact) mass is 433 g/mol. The van der Waals surface area contributed by atoms with E-state index in [0.29, 0.717) is 11.6 Å². The van der Waals surface area contributed by atoms with E-state index in [2.05, 4.69) is 33.7 Å². The summed E-state index contributed by atoms with van der Waals surface area (Å²) in [5.41, 5.74) is 1.16. The molecule has 0 aliphatic carbocycles. The van der Waals surface area contributed by atoms with E-state index < -0.39 is 10.8 Å². The van der Waals surface area contributed by atoms with Crippen molar-refractivity contribution in [2.24, 2.45) is 5.92 Å². The number of hydrogen-bond donors (Lipinski definition) is 1. The lowest BCUT2D eigenvalue weighted by Crippen LogP contribution is -2.51. The Bertz CT molecular complexity index is 1060. The average molecular weight is 434 g/mol. The Balaban J connectivity index is 1.87. The van der Waals surface area contributed by atoms with Crippen LogP contribution in [-0.4, -0.2) is 31.5 Å². The van der Waals surface area contributed by atoms with Crippen LogP contribution in [-0.2, 0) is 11.2 Å². The first-order valence-corrected chi connectivity index (χ1v) is 11.2. The lowest BCUT2D eigenvalue weighted by atomic mass is 9.90. The molecule has 2 aromatic carbocycles. The first-order valence-electron chi connectivity index (χ1n) is 10.3. The van der Waals surface area contributed by atoms with Gasteiger partial charge in [-0.2, -0.15) is 5.26 Å². The molecular formula is C24H27N5OS. The molecule has 3 aromatic rings. The largest absolute Gasteiger partial charge is 0.337 e. The third-order valence-corrected chi connectivity index (χ3v) is 6.38. The zero-order valence-electron chi connectivity index (χ0n) is 18.2. The van der Waals surface area contributed by atoms with E-state index in [1.807, 2.05) is 73.9 Å². The van der Waals surface area contributed by atoms with Crippen LogP contribution in [0.4, 0.5) is 0 Å². The summed E-state index contributed by atoms with van der Waals surface area (Å²) in [4.78, 5) is 12.8. The number of nitriles is 1. The number of para-hydroxylation sites is 1. The fraction of sp³-hybridized carbons (Fsp3) is 0.333. The summed E-state index contributed by atoms with van der Waals surface area (Å²) in [7, 11) is 0. The molecule has 7 heteroatoms. The molecule has 0 spiro atoms. The molecule has 2 unspecified atom stereocenters. The van der Waals surface area contributed by atoms with Crippen LogP contribution in [0.25, 0.3) is 5.69 Å². The maximum Gasteiger partial charge on any atom is 0.234 e. The number of nitrogens with zero attached hydrogens (tertiary/aromatic N) is 4. The minimum Gasteiger partial charge on any atom is -0.337 e. The molecule has 31 heavy (non-hydrogen) atoms. The van der Waals surface area contributed by atoms with E-state index in [-0.39, 0.29) is 11.8 Å². The number of rotatable bonds is 8. The molecule has 0 aliphatic heterocycles. The van der Waals surface area contributed by atoms with Gasteiger partial charge in [0.2, 0.25) is 5.91 Å². The van der Waals surface area contributed by atoms with Crippen molar-refractivity contribution in [3.05, 3.63) is 72.1 Å². The Morgan fingerprint density at radius 1 is 1.10 bits per heavy atom. The number of hydrogen-bond acceptors (Lipinski definition) is 5. The fourth-order valence-corrected chi connectivity index (χ4v) is 3.86. The summed E-state index contributed by atoms with van der Waals surface area (Å²) in [5, 5.41) is 21.4. The lowest BCUT2D eigenvalue weighted by Gasteiger charge is -2.28. The number of carbonyl (C=O) groups is 1. The highest BCUT2D eigenvalue weighted by Gasteiger charge is 2.32. The van der Waals surface area contributed by atoms with Gasteiger partial charge in [0, 0.05) is 12.1 Å². The molecule has 0 bridgehead atoms. The molecular weight excluding hydrogens is 406 g/mol. The molecule has 3 rings (SSSR count). The zero-order chi connectivity index (χ0) is 22.4. The van der Waals surface area contributed by atoms with Crippen LogP contribution in [0.2, 0.25) is 0 Å². The van der Waals surface area contributed by atoms with Crippen LogP contribution in [0, 0.1) is 17.2 Å². The molecule has 1 heterocycles. The van der Waals surface area contributed by atoms with Gasteiger partial charge in [-0.05, 0) is 37.5 Å². The van der Waals surface area contributed by atoms with E-state index >= 15 is 0 Å². The predicted molar refractivity (Wildman–Crippen MR) is 123 cm³/mol. The Morgan fingerprint density at radius 3 is 2.29 bits per heavy atom. The highest BCUT2D eigenvalue weighted by atomic mass is 32.2. The van der Waals surface area contributed by atoms with E-state index in [4.69, 9.17) is 0 Å². The zero-order valence-corrected chi connectivity index (χ0v) is 19.1. The van der Waals surface area contributed by atoms with Crippen molar-refractivity contribution in [2.45, 2.75) is 50.1 Å². The highest BCUT2D eigenvalue weighted by molar-refractivity contribution is 8.00. The van der Waals surface area contributed by atoms with Gasteiger partial charge in [0.1, 0.15) is 11.4 Å². The number of nitrogens with one attached hydrogen (secondary N) is 1. The van der Waals surface area contributed by atoms with Gasteiger partial charge in [-0.15, -0.1) is 10.2 Å². The number of thioether (sulfide) groups is 1. The van der Waals surface area contributed by atoms with E-state index in [1.165, 1.54) is 11.8 Å². The second-order valence-corrected chi connectivity index (χ2v) is 9.26. The van der Waals surface area contributed by atoms with Crippen molar-refractivity contribution in [3.8, 4) is 11.8 Å². The first kappa shape index (κ1) is 22.6. The van der Waals surface area contributed by atoms with Crippen molar-refractivity contribution in [2.75, 3.05) is 0 Å². The predicted octanol–water partition coefficient (Wildman–Crippen LogP) is 4.39. The van der Waals surface area contributed by atoms with Gasteiger partial charge >= 0.3 is 0 Å². The maximum atomic E-state index is 12.8. The lowest BCUT2D eigenvalue weighted by molar-refractivity contribution is -0.121. The Kier molecular flexibility index (Phi) is 7.13. The third-order valence-electron chi connectivity index (χ3n) is 5.34. The van der Waals surface area contributed by atoms with Gasteiger partial charge in [0.25, 0.3) is 0 Å². The van der Waals surface area contributed by atoms with E-state index in [0.717, 1.165) is 17.1 Å². The average Bonchev–Trinajstić information content (AvgIpc) is 3.16. The van der Waals surface area contributed by atoms with Crippen molar-refractivity contribution in [1.29, 1.82) is 5.26 Å². The normalized spacial score (nSPS) is 13.9. The topological polar surface area (TPSA) is 83.6 Å². The molecule has 1 amide bonds. The minimum atomic E-state index is -0.919. The SMILES string of the molecule is CC(Sc1nnc(Cc2ccccc2)n1-c1ccccc1)C(=O)NC(C)(C#N)C(C)C. The first-order chi connectivity index (χ1) is 14.8. The number of amides is 1. The Morgan fingerprint density at radius 2 is 1.71 bits per heavy atom. The molecule has 0 aliphatic rings. The fourth-order valence-electron chi connectivity index (χ4n) is 2.98. The van der Waals surface area contributed by atoms with Crippen LogP contribution in [0.15, 0.2) is 65.8 Å². The summed E-state index contributed by atoms with van der Waals surface area (Å²) in [6.07, 6.45) is 0.629. The smallest absolute Gasteiger partial charge is 0.234 e. The van der Waals surface area contributed by atoms with Gasteiger partial charge in [-0.3, -0.25) is 9.36 Å². The van der Waals surface area contributed by atoms with Gasteiger partial charge in [-0.25, -0.2) is 0 Å². The van der Waals surface area contributed by atoms with Crippen LogP contribution in [0.5, 0.6) is 0 Å². The van der Waals surface area contributed by atoms with Gasteiger partial charge < -0.3 is 5.32 Å². The number of benzene rings is 2. The van der Waals surface area contributed by atoms with Crippen molar-refractivity contribution >= 4 is 17.7 Å². The van der Waals surface area contributed by atoms with Crippen LogP contribution >= 0.6 is 11.8 Å². The second-order valence-electron chi connectivity index (χ2n) is 7.95. The summed E-state index contributed by atoms with van der Waals surface area (Å²) in [6, 6.07) is 22.2. The number of aromatic nitrogens is 3. The van der Waals surface area contributed by atoms with E-state index in [9.17, 15) is 10.1 Å². The Hall–Kier alpha value is -3.11. The minimum absolute atomic E-state index is 0.0101. The van der Waals surface area contributed by atoms with Crippen molar-refractivity contribution in [3.63, 3.8) is 0 Å². The van der Waals surface area contributed by atoms with Crippen molar-refractivity contribution < 1.29 is 4.79 Å². The molecule has 0 saturated heterocycles. The summed E-state index contributed by atoms with van der Waals surface area (Å²) in [5.74, 6) is 0.593. The summed E-state index contributed by atoms with van der Waals surface area (Å²) in [6.45, 7) is 7.41. The van der Waals surface area contributed by atoms with E-state index in [1.54, 1.807) is 6.92 Å². The Labute approximate surface area is 187 Å². The van der Waals surface area contributed by atoms with Gasteiger partial charge in [0.05, 0.1) is 11.3 Å². The molecule has 1 aromatic heterocycles. The molecule has 0 saturated carbocycles. The van der Waals surface area contributed by atoms with Crippen molar-refractivity contribution in [1.82, 2.24) is 20.1 Å². The number of carbonyl (C=O) groups excluding carboxylic acids is 1. The summed E-state index contributed by atoms with van der Waals surface area (Å²) < 4.78 is 1.99.